The van der Waals surface area contributed by atoms with Crippen LogP contribution in [0.15, 0.2) is 22.8 Å². The number of hydrogen-bond acceptors (Lipinski definition) is 2. The third kappa shape index (κ3) is 2.62. The molecule has 0 aromatic carbocycles. The number of carbonyl (C=O) groups is 2. The first-order valence-electron chi connectivity index (χ1n) is 9.94. The van der Waals surface area contributed by atoms with E-state index >= 15 is 0 Å². The maximum Gasteiger partial charge on any atom is 0.137 e. The topological polar surface area (TPSA) is 34.1 Å². The molecule has 1 saturated carbocycles. The van der Waals surface area contributed by atoms with Crippen LogP contribution in [0.1, 0.15) is 79.1 Å². The van der Waals surface area contributed by atoms with Crippen LogP contribution in [0.3, 0.4) is 0 Å². The molecule has 0 amide bonds. The summed E-state index contributed by atoms with van der Waals surface area (Å²) >= 11 is 0. The smallest absolute Gasteiger partial charge is 0.137 e. The molecule has 4 atom stereocenters. The summed E-state index contributed by atoms with van der Waals surface area (Å²) in [6.07, 6.45) is 10.5. The number of allylic oxidation sites excluding steroid dienone is 4. The molecule has 0 N–H and O–H groups in total. The third-order valence-corrected chi connectivity index (χ3v) is 7.14. The highest BCUT2D eigenvalue weighted by Crippen LogP contribution is 2.61. The molecule has 132 valence electrons. The fourth-order valence-corrected chi connectivity index (χ4v) is 6.08. The van der Waals surface area contributed by atoms with Gasteiger partial charge in [-0.2, -0.15) is 0 Å². The molecule has 1 fully saturated rings. The van der Waals surface area contributed by atoms with Gasteiger partial charge in [0.05, 0.1) is 0 Å². The summed E-state index contributed by atoms with van der Waals surface area (Å²) in [5, 5.41) is 0. The predicted molar refractivity (Wildman–Crippen MR) is 97.7 cm³/mol. The molecular weight excluding hydrogens is 296 g/mol. The highest BCUT2D eigenvalue weighted by atomic mass is 16.1. The maximum atomic E-state index is 12.1. The Kier molecular flexibility index (Phi) is 4.86. The summed E-state index contributed by atoms with van der Waals surface area (Å²) in [6, 6.07) is 0. The van der Waals surface area contributed by atoms with Gasteiger partial charge in [0, 0.05) is 18.8 Å². The average molecular weight is 328 g/mol. The number of Topliss-reactive ketones (excluding diaryl/α,β-unsaturated/α-hetero) is 2. The van der Waals surface area contributed by atoms with E-state index in [-0.39, 0.29) is 11.3 Å². The molecule has 0 saturated heterocycles. The fourth-order valence-electron chi connectivity index (χ4n) is 6.08. The minimum Gasteiger partial charge on any atom is -0.300 e. The molecule has 24 heavy (non-hydrogen) atoms. The molecule has 0 aromatic heterocycles. The highest BCUT2D eigenvalue weighted by Gasteiger charge is 2.53. The molecule has 4 unspecified atom stereocenters. The van der Waals surface area contributed by atoms with Crippen LogP contribution in [0, 0.1) is 23.2 Å². The quantitative estimate of drug-likeness (QED) is 0.643. The van der Waals surface area contributed by atoms with E-state index in [0.717, 1.165) is 32.1 Å². The predicted octanol–water partition coefficient (Wildman–Crippen LogP) is 5.42. The number of rotatable bonds is 1. The SMILES string of the molecule is CC.CC(=O)C1CCC2C3CCC4=C(CCC(=O)C4)C3=CCC12C. The minimum atomic E-state index is 0.183. The second-order valence-corrected chi connectivity index (χ2v) is 8.16. The van der Waals surface area contributed by atoms with Crippen LogP contribution in [0.25, 0.3) is 0 Å². The first-order valence-corrected chi connectivity index (χ1v) is 9.94. The summed E-state index contributed by atoms with van der Waals surface area (Å²) in [5.74, 6) is 2.40. The molecular formula is C22H32O2. The largest absolute Gasteiger partial charge is 0.300 e. The van der Waals surface area contributed by atoms with E-state index in [1.165, 1.54) is 24.0 Å². The van der Waals surface area contributed by atoms with Crippen LogP contribution < -0.4 is 0 Å². The molecule has 2 nitrogen and oxygen atoms in total. The lowest BCUT2D eigenvalue weighted by Crippen LogP contribution is -2.40. The van der Waals surface area contributed by atoms with E-state index in [0.29, 0.717) is 29.8 Å². The van der Waals surface area contributed by atoms with Crippen LogP contribution in [0.2, 0.25) is 0 Å². The molecule has 0 spiro atoms. The van der Waals surface area contributed by atoms with Crippen molar-refractivity contribution in [2.75, 3.05) is 0 Å². The Balaban J connectivity index is 0.000000815. The van der Waals surface area contributed by atoms with Gasteiger partial charge in [0.1, 0.15) is 11.6 Å². The van der Waals surface area contributed by atoms with Gasteiger partial charge in [-0.3, -0.25) is 9.59 Å². The second kappa shape index (κ2) is 6.61. The Labute approximate surface area is 146 Å². The van der Waals surface area contributed by atoms with Crippen molar-refractivity contribution in [1.82, 2.24) is 0 Å². The lowest BCUT2D eigenvalue weighted by Gasteiger charge is -2.47. The molecule has 0 aromatic rings. The maximum absolute atomic E-state index is 12.1. The van der Waals surface area contributed by atoms with Gasteiger partial charge in [-0.1, -0.05) is 32.4 Å². The van der Waals surface area contributed by atoms with E-state index in [1.807, 2.05) is 13.8 Å². The first kappa shape index (κ1) is 17.6. The van der Waals surface area contributed by atoms with Gasteiger partial charge in [0.2, 0.25) is 0 Å². The van der Waals surface area contributed by atoms with Crippen molar-refractivity contribution in [3.63, 3.8) is 0 Å². The van der Waals surface area contributed by atoms with Crippen molar-refractivity contribution in [3.8, 4) is 0 Å². The molecule has 4 aliphatic rings. The number of ketones is 2. The third-order valence-electron chi connectivity index (χ3n) is 7.14. The van der Waals surface area contributed by atoms with Crippen LogP contribution in [0.5, 0.6) is 0 Å². The molecule has 4 aliphatic carbocycles. The number of carbonyl (C=O) groups excluding carboxylic acids is 2. The molecule has 2 heteroatoms. The molecule has 0 aliphatic heterocycles. The van der Waals surface area contributed by atoms with Crippen LogP contribution in [-0.2, 0) is 9.59 Å². The minimum absolute atomic E-state index is 0.183. The second-order valence-electron chi connectivity index (χ2n) is 8.16. The number of hydrogen-bond donors (Lipinski definition) is 0. The van der Waals surface area contributed by atoms with Crippen molar-refractivity contribution in [2.24, 2.45) is 23.2 Å². The zero-order chi connectivity index (χ0) is 17.5. The van der Waals surface area contributed by atoms with E-state index < -0.39 is 0 Å². The molecule has 0 bridgehead atoms. The van der Waals surface area contributed by atoms with Crippen LogP contribution in [-0.4, -0.2) is 11.6 Å². The lowest BCUT2D eigenvalue weighted by atomic mass is 9.57. The Hall–Kier alpha value is -1.18. The average Bonchev–Trinajstić information content (AvgIpc) is 2.93. The normalized spacial score (nSPS) is 37.6. The van der Waals surface area contributed by atoms with Gasteiger partial charge in [0.15, 0.2) is 0 Å². The molecule has 0 radical (unpaired) electrons. The van der Waals surface area contributed by atoms with E-state index in [2.05, 4.69) is 13.0 Å². The van der Waals surface area contributed by atoms with Gasteiger partial charge in [0.25, 0.3) is 0 Å². The summed E-state index contributed by atoms with van der Waals surface area (Å²) in [6.45, 7) is 8.14. The van der Waals surface area contributed by atoms with Crippen molar-refractivity contribution in [2.45, 2.75) is 79.1 Å². The monoisotopic (exact) mass is 328 g/mol. The standard InChI is InChI=1S/C20H26O2.C2H6/c1-12(21)18-7-8-19-17-5-3-13-11-14(22)4-6-15(13)16(17)9-10-20(18,19)2;1-2/h9,17-19H,3-8,10-11H2,1-2H3;1-2H3. The van der Waals surface area contributed by atoms with Crippen molar-refractivity contribution in [1.29, 1.82) is 0 Å². The zero-order valence-electron chi connectivity index (χ0n) is 15.8. The van der Waals surface area contributed by atoms with E-state index in [4.69, 9.17) is 0 Å². The van der Waals surface area contributed by atoms with Gasteiger partial charge < -0.3 is 0 Å². The van der Waals surface area contributed by atoms with Crippen LogP contribution >= 0.6 is 0 Å². The highest BCUT2D eigenvalue weighted by molar-refractivity contribution is 5.83. The fraction of sp³-hybridized carbons (Fsp3) is 0.727. The van der Waals surface area contributed by atoms with Gasteiger partial charge in [-0.15, -0.1) is 0 Å². The molecule has 4 rings (SSSR count). The summed E-state index contributed by atoms with van der Waals surface area (Å²) in [4.78, 5) is 23.8. The lowest BCUT2D eigenvalue weighted by molar-refractivity contribution is -0.124. The van der Waals surface area contributed by atoms with Gasteiger partial charge >= 0.3 is 0 Å². The zero-order valence-corrected chi connectivity index (χ0v) is 15.8. The Morgan fingerprint density at radius 3 is 2.58 bits per heavy atom. The van der Waals surface area contributed by atoms with Gasteiger partial charge in [-0.25, -0.2) is 0 Å². The van der Waals surface area contributed by atoms with Crippen molar-refractivity contribution >= 4 is 11.6 Å². The van der Waals surface area contributed by atoms with Crippen LogP contribution in [0.4, 0.5) is 0 Å². The summed E-state index contributed by atoms with van der Waals surface area (Å²) in [7, 11) is 0. The van der Waals surface area contributed by atoms with Crippen molar-refractivity contribution < 1.29 is 9.59 Å². The Morgan fingerprint density at radius 2 is 1.88 bits per heavy atom. The first-order chi connectivity index (χ1) is 11.5. The van der Waals surface area contributed by atoms with E-state index in [9.17, 15) is 9.59 Å². The van der Waals surface area contributed by atoms with Gasteiger partial charge in [-0.05, 0) is 73.8 Å². The van der Waals surface area contributed by atoms with Crippen molar-refractivity contribution in [3.05, 3.63) is 22.8 Å². The summed E-state index contributed by atoms with van der Waals surface area (Å²) < 4.78 is 0. The molecule has 0 heterocycles. The number of fused-ring (bicyclic) bond motifs is 4. The Bertz CT molecular complexity index is 609. The Morgan fingerprint density at radius 1 is 1.12 bits per heavy atom. The van der Waals surface area contributed by atoms with E-state index in [1.54, 1.807) is 12.5 Å². The summed E-state index contributed by atoms with van der Waals surface area (Å²) in [5.41, 5.74) is 4.72.